The molecule has 1 aromatic rings. The maximum Gasteiger partial charge on any atom is 0.142 e. The van der Waals surface area contributed by atoms with Gasteiger partial charge in [0.25, 0.3) is 0 Å². The first-order valence-electron chi connectivity index (χ1n) is 6.43. The van der Waals surface area contributed by atoms with Gasteiger partial charge in [-0.2, -0.15) is 0 Å². The SMILES string of the molecule is CC(C)CCNC1CCOc2c(Cl)cc(Cl)cc21. The van der Waals surface area contributed by atoms with Crippen LogP contribution in [0, 0.1) is 5.92 Å². The second-order valence-corrected chi connectivity index (χ2v) is 5.98. The zero-order chi connectivity index (χ0) is 13.1. The Hall–Kier alpha value is -0.440. The van der Waals surface area contributed by atoms with E-state index in [-0.39, 0.29) is 0 Å². The minimum absolute atomic E-state index is 0.295. The quantitative estimate of drug-likeness (QED) is 0.883. The molecule has 1 aliphatic rings. The van der Waals surface area contributed by atoms with Crippen molar-refractivity contribution >= 4 is 23.2 Å². The van der Waals surface area contributed by atoms with E-state index in [9.17, 15) is 0 Å². The summed E-state index contributed by atoms with van der Waals surface area (Å²) >= 11 is 12.2. The topological polar surface area (TPSA) is 21.3 Å². The minimum atomic E-state index is 0.295. The Morgan fingerprint density at radius 1 is 1.39 bits per heavy atom. The van der Waals surface area contributed by atoms with Crippen molar-refractivity contribution in [3.05, 3.63) is 27.7 Å². The molecule has 0 saturated heterocycles. The number of benzene rings is 1. The maximum atomic E-state index is 6.16. The number of halogens is 2. The smallest absolute Gasteiger partial charge is 0.142 e. The molecule has 1 aliphatic heterocycles. The van der Waals surface area contributed by atoms with Crippen molar-refractivity contribution in [1.82, 2.24) is 5.32 Å². The van der Waals surface area contributed by atoms with Gasteiger partial charge in [0.05, 0.1) is 11.6 Å². The lowest BCUT2D eigenvalue weighted by atomic mass is 10.00. The first-order chi connectivity index (χ1) is 8.58. The van der Waals surface area contributed by atoms with Gasteiger partial charge in [0.15, 0.2) is 0 Å². The molecule has 18 heavy (non-hydrogen) atoms. The summed E-state index contributed by atoms with van der Waals surface area (Å²) in [7, 11) is 0. The molecule has 0 aliphatic carbocycles. The van der Waals surface area contributed by atoms with Crippen LogP contribution in [0.5, 0.6) is 5.75 Å². The van der Waals surface area contributed by atoms with Gasteiger partial charge in [0, 0.05) is 23.0 Å². The summed E-state index contributed by atoms with van der Waals surface area (Å²) in [5.41, 5.74) is 1.09. The highest BCUT2D eigenvalue weighted by molar-refractivity contribution is 6.35. The largest absolute Gasteiger partial charge is 0.492 e. The first-order valence-corrected chi connectivity index (χ1v) is 7.18. The summed E-state index contributed by atoms with van der Waals surface area (Å²) in [5.74, 6) is 1.49. The van der Waals surface area contributed by atoms with E-state index in [1.54, 1.807) is 6.07 Å². The molecule has 0 spiro atoms. The third-order valence-corrected chi connectivity index (χ3v) is 3.68. The van der Waals surface area contributed by atoms with Crippen LogP contribution in [0.2, 0.25) is 10.0 Å². The van der Waals surface area contributed by atoms with Gasteiger partial charge in [-0.05, 0) is 31.0 Å². The van der Waals surface area contributed by atoms with Gasteiger partial charge in [0.1, 0.15) is 5.75 Å². The van der Waals surface area contributed by atoms with E-state index < -0.39 is 0 Å². The lowest BCUT2D eigenvalue weighted by molar-refractivity contribution is 0.251. The summed E-state index contributed by atoms with van der Waals surface area (Å²) in [6.45, 7) is 6.17. The van der Waals surface area contributed by atoms with Gasteiger partial charge in [0.2, 0.25) is 0 Å². The van der Waals surface area contributed by atoms with E-state index >= 15 is 0 Å². The average molecular weight is 288 g/mol. The number of hydrogen-bond acceptors (Lipinski definition) is 2. The predicted octanol–water partition coefficient (Wildman–Crippen LogP) is 4.45. The molecular formula is C14H19Cl2NO. The second-order valence-electron chi connectivity index (χ2n) is 5.13. The van der Waals surface area contributed by atoms with E-state index in [2.05, 4.69) is 19.2 Å². The van der Waals surface area contributed by atoms with Gasteiger partial charge in [-0.15, -0.1) is 0 Å². The van der Waals surface area contributed by atoms with Crippen molar-refractivity contribution in [3.63, 3.8) is 0 Å². The van der Waals surface area contributed by atoms with E-state index in [0.717, 1.165) is 24.3 Å². The van der Waals surface area contributed by atoms with Gasteiger partial charge < -0.3 is 10.1 Å². The van der Waals surface area contributed by atoms with Crippen LogP contribution in [-0.2, 0) is 0 Å². The molecule has 2 rings (SSSR count). The maximum absolute atomic E-state index is 6.16. The fourth-order valence-electron chi connectivity index (χ4n) is 2.18. The van der Waals surface area contributed by atoms with Crippen LogP contribution < -0.4 is 10.1 Å². The standard InChI is InChI=1S/C14H19Cl2NO/c1-9(2)3-5-17-13-4-6-18-14-11(13)7-10(15)8-12(14)16/h7-9,13,17H,3-6H2,1-2H3. The first kappa shape index (κ1) is 14.0. The molecule has 0 bridgehead atoms. The number of ether oxygens (including phenoxy) is 1. The van der Waals surface area contributed by atoms with Crippen molar-refractivity contribution in [3.8, 4) is 5.75 Å². The molecule has 1 N–H and O–H groups in total. The van der Waals surface area contributed by atoms with Crippen LogP contribution in [0.25, 0.3) is 0 Å². The van der Waals surface area contributed by atoms with E-state index in [1.165, 1.54) is 6.42 Å². The zero-order valence-corrected chi connectivity index (χ0v) is 12.3. The number of rotatable bonds is 4. The Balaban J connectivity index is 2.12. The van der Waals surface area contributed by atoms with E-state index in [1.807, 2.05) is 6.07 Å². The monoisotopic (exact) mass is 287 g/mol. The van der Waals surface area contributed by atoms with Crippen LogP contribution in [0.3, 0.4) is 0 Å². The van der Waals surface area contributed by atoms with Gasteiger partial charge in [-0.25, -0.2) is 0 Å². The van der Waals surface area contributed by atoms with Crippen LogP contribution in [0.4, 0.5) is 0 Å². The zero-order valence-electron chi connectivity index (χ0n) is 10.8. The highest BCUT2D eigenvalue weighted by Gasteiger charge is 2.23. The van der Waals surface area contributed by atoms with Crippen LogP contribution >= 0.6 is 23.2 Å². The lowest BCUT2D eigenvalue weighted by Crippen LogP contribution is -2.28. The molecular weight excluding hydrogens is 269 g/mol. The third-order valence-electron chi connectivity index (χ3n) is 3.18. The van der Waals surface area contributed by atoms with Gasteiger partial charge in [-0.1, -0.05) is 37.0 Å². The highest BCUT2D eigenvalue weighted by atomic mass is 35.5. The van der Waals surface area contributed by atoms with Crippen molar-refractivity contribution in [2.75, 3.05) is 13.2 Å². The van der Waals surface area contributed by atoms with Gasteiger partial charge >= 0.3 is 0 Å². The molecule has 0 radical (unpaired) electrons. The molecule has 100 valence electrons. The Morgan fingerprint density at radius 3 is 2.89 bits per heavy atom. The molecule has 1 heterocycles. The minimum Gasteiger partial charge on any atom is -0.492 e. The number of nitrogens with one attached hydrogen (secondary N) is 1. The highest BCUT2D eigenvalue weighted by Crippen LogP contribution is 2.39. The molecule has 2 nitrogen and oxygen atoms in total. The molecule has 0 amide bonds. The van der Waals surface area contributed by atoms with Crippen LogP contribution in [-0.4, -0.2) is 13.2 Å². The molecule has 0 fully saturated rings. The Bertz CT molecular complexity index is 421. The number of hydrogen-bond donors (Lipinski definition) is 1. The van der Waals surface area contributed by atoms with Crippen LogP contribution in [0.1, 0.15) is 38.3 Å². The Morgan fingerprint density at radius 2 is 2.17 bits per heavy atom. The summed E-state index contributed by atoms with van der Waals surface area (Å²) in [5, 5.41) is 4.84. The average Bonchev–Trinajstić information content (AvgIpc) is 2.29. The fourth-order valence-corrected chi connectivity index (χ4v) is 2.75. The summed E-state index contributed by atoms with van der Waals surface area (Å²) in [6.07, 6.45) is 2.13. The summed E-state index contributed by atoms with van der Waals surface area (Å²) in [4.78, 5) is 0. The van der Waals surface area contributed by atoms with E-state index in [4.69, 9.17) is 27.9 Å². The van der Waals surface area contributed by atoms with E-state index in [0.29, 0.717) is 28.6 Å². The van der Waals surface area contributed by atoms with Crippen molar-refractivity contribution < 1.29 is 4.74 Å². The molecule has 4 heteroatoms. The fraction of sp³-hybridized carbons (Fsp3) is 0.571. The van der Waals surface area contributed by atoms with Gasteiger partial charge in [-0.3, -0.25) is 0 Å². The predicted molar refractivity (Wildman–Crippen MR) is 76.8 cm³/mol. The second kappa shape index (κ2) is 6.14. The molecule has 1 atom stereocenters. The normalized spacial score (nSPS) is 18.6. The lowest BCUT2D eigenvalue weighted by Gasteiger charge is -2.28. The molecule has 1 aromatic carbocycles. The molecule has 0 aromatic heterocycles. The molecule has 0 saturated carbocycles. The van der Waals surface area contributed by atoms with Crippen molar-refractivity contribution in [2.24, 2.45) is 5.92 Å². The molecule has 1 unspecified atom stereocenters. The number of fused-ring (bicyclic) bond motifs is 1. The summed E-state index contributed by atoms with van der Waals surface area (Å²) < 4.78 is 5.64. The Labute approximate surface area is 119 Å². The van der Waals surface area contributed by atoms with Crippen molar-refractivity contribution in [2.45, 2.75) is 32.7 Å². The van der Waals surface area contributed by atoms with Crippen LogP contribution in [0.15, 0.2) is 12.1 Å². The summed E-state index contributed by atoms with van der Waals surface area (Å²) in [6, 6.07) is 3.98. The Kier molecular flexibility index (Phi) is 4.77. The third kappa shape index (κ3) is 3.31. The van der Waals surface area contributed by atoms with Crippen molar-refractivity contribution in [1.29, 1.82) is 0 Å².